The zero-order chi connectivity index (χ0) is 16.7. The molecule has 1 aromatic heterocycles. The summed E-state index contributed by atoms with van der Waals surface area (Å²) in [6.07, 6.45) is 2.98. The van der Waals surface area contributed by atoms with Gasteiger partial charge >= 0.3 is 0 Å². The van der Waals surface area contributed by atoms with Crippen molar-refractivity contribution in [1.29, 1.82) is 0 Å². The van der Waals surface area contributed by atoms with Crippen LogP contribution >= 0.6 is 35.3 Å². The molecule has 0 amide bonds. The molecule has 0 saturated carbocycles. The minimum atomic E-state index is 0. The Morgan fingerprint density at radius 3 is 2.75 bits per heavy atom. The predicted molar refractivity (Wildman–Crippen MR) is 112 cm³/mol. The molecule has 0 bridgehead atoms. The molecule has 1 N–H and O–H groups in total. The molecule has 0 radical (unpaired) electrons. The van der Waals surface area contributed by atoms with Crippen LogP contribution < -0.4 is 10.1 Å². The third kappa shape index (κ3) is 5.62. The van der Waals surface area contributed by atoms with Crippen molar-refractivity contribution in [2.45, 2.75) is 26.4 Å². The first-order valence-corrected chi connectivity index (χ1v) is 8.46. The Kier molecular flexibility index (Phi) is 9.05. The van der Waals surface area contributed by atoms with Crippen LogP contribution in [-0.4, -0.2) is 37.0 Å². The summed E-state index contributed by atoms with van der Waals surface area (Å²) in [7, 11) is 5.50. The molecule has 5 nitrogen and oxygen atoms in total. The van der Waals surface area contributed by atoms with Crippen molar-refractivity contribution in [1.82, 2.24) is 15.2 Å². The third-order valence-corrected chi connectivity index (χ3v) is 4.66. The molecule has 0 atom stereocenters. The largest absolute Gasteiger partial charge is 0.496 e. The average Bonchev–Trinajstić information content (AvgIpc) is 3.04. The molecule has 0 aliphatic heterocycles. The van der Waals surface area contributed by atoms with E-state index in [0.29, 0.717) is 6.54 Å². The molecule has 0 spiro atoms. The molecular formula is C17H25IN4OS. The highest BCUT2D eigenvalue weighted by molar-refractivity contribution is 14.0. The molecule has 24 heavy (non-hydrogen) atoms. The summed E-state index contributed by atoms with van der Waals surface area (Å²) >= 11 is 1.74. The maximum atomic E-state index is 5.41. The first kappa shape index (κ1) is 20.7. The second-order valence-corrected chi connectivity index (χ2v) is 6.34. The number of guanidine groups is 1. The summed E-state index contributed by atoms with van der Waals surface area (Å²) in [6, 6.07) is 8.03. The van der Waals surface area contributed by atoms with Crippen LogP contribution in [0, 0.1) is 0 Å². The van der Waals surface area contributed by atoms with Gasteiger partial charge in [0.05, 0.1) is 13.7 Å². The quantitative estimate of drug-likeness (QED) is 0.407. The number of para-hydroxylation sites is 1. The van der Waals surface area contributed by atoms with E-state index < -0.39 is 0 Å². The van der Waals surface area contributed by atoms with E-state index >= 15 is 0 Å². The lowest BCUT2D eigenvalue weighted by molar-refractivity contribution is 0.396. The van der Waals surface area contributed by atoms with Crippen molar-refractivity contribution in [3.05, 3.63) is 45.9 Å². The number of thiazole rings is 1. The fourth-order valence-corrected chi connectivity index (χ4v) is 3.10. The van der Waals surface area contributed by atoms with Gasteiger partial charge in [0.15, 0.2) is 5.96 Å². The van der Waals surface area contributed by atoms with Crippen LogP contribution in [0.2, 0.25) is 0 Å². The summed E-state index contributed by atoms with van der Waals surface area (Å²) in [5, 5.41) is 4.44. The predicted octanol–water partition coefficient (Wildman–Crippen LogP) is 3.54. The van der Waals surface area contributed by atoms with Gasteiger partial charge in [-0.15, -0.1) is 35.3 Å². The topological polar surface area (TPSA) is 49.8 Å². The number of aliphatic imine (C=N–C) groups is 1. The number of methoxy groups -OCH3 is 1. The Hall–Kier alpha value is -1.35. The first-order valence-electron chi connectivity index (χ1n) is 7.65. The highest BCUT2D eigenvalue weighted by Crippen LogP contribution is 2.19. The maximum Gasteiger partial charge on any atom is 0.194 e. The molecule has 132 valence electrons. The van der Waals surface area contributed by atoms with Crippen molar-refractivity contribution in [3.8, 4) is 5.75 Å². The molecule has 0 aliphatic carbocycles. The van der Waals surface area contributed by atoms with Crippen molar-refractivity contribution in [2.24, 2.45) is 4.99 Å². The lowest BCUT2D eigenvalue weighted by atomic mass is 10.2. The number of hydrogen-bond acceptors (Lipinski definition) is 4. The van der Waals surface area contributed by atoms with Crippen molar-refractivity contribution in [2.75, 3.05) is 21.2 Å². The van der Waals surface area contributed by atoms with E-state index in [1.165, 1.54) is 4.88 Å². The van der Waals surface area contributed by atoms with Crippen LogP contribution in [0.1, 0.15) is 22.4 Å². The highest BCUT2D eigenvalue weighted by Gasteiger charge is 2.10. The Morgan fingerprint density at radius 1 is 1.38 bits per heavy atom. The molecule has 1 aromatic carbocycles. The maximum absolute atomic E-state index is 5.41. The Labute approximate surface area is 165 Å². The summed E-state index contributed by atoms with van der Waals surface area (Å²) in [6.45, 7) is 3.56. The van der Waals surface area contributed by atoms with E-state index in [1.54, 1.807) is 25.5 Å². The van der Waals surface area contributed by atoms with Gasteiger partial charge in [0, 0.05) is 37.3 Å². The van der Waals surface area contributed by atoms with E-state index in [-0.39, 0.29) is 24.0 Å². The van der Waals surface area contributed by atoms with Gasteiger partial charge in [-0.25, -0.2) is 4.98 Å². The van der Waals surface area contributed by atoms with Gasteiger partial charge in [0.25, 0.3) is 0 Å². The molecule has 2 aromatic rings. The minimum absolute atomic E-state index is 0. The molecule has 0 unspecified atom stereocenters. The number of halogens is 1. The SMILES string of the molecule is CCc1cnc(CNC(=NC)N(C)Cc2ccccc2OC)s1.I. The molecule has 0 saturated heterocycles. The Morgan fingerprint density at radius 2 is 2.12 bits per heavy atom. The number of rotatable bonds is 6. The van der Waals surface area contributed by atoms with Gasteiger partial charge in [-0.1, -0.05) is 25.1 Å². The van der Waals surface area contributed by atoms with Gasteiger partial charge in [0.2, 0.25) is 0 Å². The van der Waals surface area contributed by atoms with Crippen molar-refractivity contribution in [3.63, 3.8) is 0 Å². The van der Waals surface area contributed by atoms with Gasteiger partial charge in [-0.2, -0.15) is 0 Å². The van der Waals surface area contributed by atoms with E-state index in [2.05, 4.69) is 33.2 Å². The van der Waals surface area contributed by atoms with Gasteiger partial charge in [0.1, 0.15) is 10.8 Å². The molecule has 2 rings (SSSR count). The second kappa shape index (κ2) is 10.5. The van der Waals surface area contributed by atoms with Crippen molar-refractivity contribution < 1.29 is 4.74 Å². The Bertz CT molecular complexity index is 660. The van der Waals surface area contributed by atoms with Gasteiger partial charge in [-0.3, -0.25) is 4.99 Å². The molecule has 0 fully saturated rings. The third-order valence-electron chi connectivity index (χ3n) is 3.52. The highest BCUT2D eigenvalue weighted by atomic mass is 127. The number of benzene rings is 1. The van der Waals surface area contributed by atoms with Gasteiger partial charge in [-0.05, 0) is 12.5 Å². The number of ether oxygens (including phenoxy) is 1. The standard InChI is InChI=1S/C17H24N4OS.HI/c1-5-14-10-19-16(23-14)11-20-17(18-2)21(3)12-13-8-6-7-9-15(13)22-4;/h6-10H,5,11-12H2,1-4H3,(H,18,20);1H. The molecule has 1 heterocycles. The van der Waals surface area contributed by atoms with Gasteiger partial charge < -0.3 is 15.0 Å². The van der Waals surface area contributed by atoms with Crippen LogP contribution in [0.3, 0.4) is 0 Å². The lowest BCUT2D eigenvalue weighted by Gasteiger charge is -2.22. The molecule has 7 heteroatoms. The lowest BCUT2D eigenvalue weighted by Crippen LogP contribution is -2.38. The number of nitrogens with zero attached hydrogens (tertiary/aromatic N) is 3. The van der Waals surface area contributed by atoms with Crippen LogP contribution in [0.4, 0.5) is 0 Å². The van der Waals surface area contributed by atoms with E-state index in [1.807, 2.05) is 31.4 Å². The van der Waals surface area contributed by atoms with Crippen LogP contribution in [0.15, 0.2) is 35.5 Å². The summed E-state index contributed by atoms with van der Waals surface area (Å²) in [5.74, 6) is 1.73. The van der Waals surface area contributed by atoms with E-state index in [0.717, 1.165) is 35.2 Å². The first-order chi connectivity index (χ1) is 11.2. The van der Waals surface area contributed by atoms with Crippen LogP contribution in [0.25, 0.3) is 0 Å². The minimum Gasteiger partial charge on any atom is -0.496 e. The monoisotopic (exact) mass is 460 g/mol. The molecular weight excluding hydrogens is 435 g/mol. The number of hydrogen-bond donors (Lipinski definition) is 1. The zero-order valence-electron chi connectivity index (χ0n) is 14.6. The number of nitrogens with one attached hydrogen (secondary N) is 1. The number of aryl methyl sites for hydroxylation is 1. The second-order valence-electron chi connectivity index (χ2n) is 5.14. The number of aromatic nitrogens is 1. The summed E-state index contributed by atoms with van der Waals surface area (Å²) in [5.41, 5.74) is 1.13. The van der Waals surface area contributed by atoms with Crippen LogP contribution in [-0.2, 0) is 19.5 Å². The molecule has 0 aliphatic rings. The Balaban J connectivity index is 0.00000288. The fourth-order valence-electron chi connectivity index (χ4n) is 2.30. The summed E-state index contributed by atoms with van der Waals surface area (Å²) < 4.78 is 5.41. The van der Waals surface area contributed by atoms with E-state index in [4.69, 9.17) is 4.74 Å². The van der Waals surface area contributed by atoms with Crippen LogP contribution in [0.5, 0.6) is 5.75 Å². The average molecular weight is 460 g/mol. The summed E-state index contributed by atoms with van der Waals surface area (Å²) in [4.78, 5) is 12.2. The van der Waals surface area contributed by atoms with E-state index in [9.17, 15) is 0 Å². The normalized spacial score (nSPS) is 10.9. The smallest absolute Gasteiger partial charge is 0.194 e. The fraction of sp³-hybridized carbons (Fsp3) is 0.412. The zero-order valence-corrected chi connectivity index (χ0v) is 17.7. The van der Waals surface area contributed by atoms with Crippen molar-refractivity contribution >= 4 is 41.3 Å².